The molecule has 3 fully saturated rings. The summed E-state index contributed by atoms with van der Waals surface area (Å²) in [5.41, 5.74) is 0.745. The fourth-order valence-corrected chi connectivity index (χ4v) is 5.13. The second-order valence-electron chi connectivity index (χ2n) is 9.19. The van der Waals surface area contributed by atoms with Crippen molar-refractivity contribution in [2.45, 2.75) is 56.5 Å². The number of hydrogen-bond donors (Lipinski definition) is 1. The number of nitrogens with one attached hydrogen (secondary N) is 1. The van der Waals surface area contributed by atoms with E-state index in [1.807, 2.05) is 12.1 Å². The molecule has 184 valence electrons. The highest BCUT2D eigenvalue weighted by Gasteiger charge is 2.40. The third kappa shape index (κ3) is 5.50. The fourth-order valence-electron chi connectivity index (χ4n) is 4.91. The van der Waals surface area contributed by atoms with Crippen LogP contribution in [0.5, 0.6) is 5.75 Å². The van der Waals surface area contributed by atoms with Gasteiger partial charge in [-0.3, -0.25) is 4.79 Å². The molecule has 1 amide bonds. The highest BCUT2D eigenvalue weighted by Crippen LogP contribution is 2.32. The van der Waals surface area contributed by atoms with Crippen molar-refractivity contribution in [1.82, 2.24) is 15.5 Å². The van der Waals surface area contributed by atoms with Crippen molar-refractivity contribution in [3.63, 3.8) is 0 Å². The van der Waals surface area contributed by atoms with Crippen molar-refractivity contribution < 1.29 is 19.0 Å². The maximum Gasteiger partial charge on any atom is 0.272 e. The standard InChI is InChI=1S/C25H28ClN5O4/c26-21-15-20(4-1-17(21)16-27)35-19-5-2-18(3-6-19)28-24(32)22-7-8-23(30-29-22)31-11-9-25(10-12-31)33-13-14-34-25/h1,4,7-8,15,18-19H,2-3,5-6,9-14H2,(H,28,32)/t18-,19-. The van der Waals surface area contributed by atoms with E-state index in [0.29, 0.717) is 35.2 Å². The van der Waals surface area contributed by atoms with E-state index in [1.165, 1.54) is 0 Å². The van der Waals surface area contributed by atoms with Gasteiger partial charge in [-0.05, 0) is 49.9 Å². The van der Waals surface area contributed by atoms with Crippen LogP contribution in [0.3, 0.4) is 0 Å². The SMILES string of the molecule is N#Cc1ccc(O[C@H]2CC[C@H](NC(=O)c3ccc(N4CCC5(CC4)OCCO5)nn3)CC2)cc1Cl. The molecule has 1 spiro atoms. The van der Waals surface area contributed by atoms with E-state index in [-0.39, 0.29) is 18.1 Å². The Kier molecular flexibility index (Phi) is 7.04. The summed E-state index contributed by atoms with van der Waals surface area (Å²) in [5.74, 6) is 0.777. The maximum atomic E-state index is 12.7. The smallest absolute Gasteiger partial charge is 0.272 e. The van der Waals surface area contributed by atoms with Crippen LogP contribution in [0, 0.1) is 11.3 Å². The Morgan fingerprint density at radius 1 is 1.11 bits per heavy atom. The van der Waals surface area contributed by atoms with Gasteiger partial charge in [0.15, 0.2) is 17.3 Å². The molecule has 5 rings (SSSR count). The molecule has 9 nitrogen and oxygen atoms in total. The topological polar surface area (TPSA) is 110 Å². The lowest BCUT2D eigenvalue weighted by atomic mass is 9.93. The highest BCUT2D eigenvalue weighted by molar-refractivity contribution is 6.31. The van der Waals surface area contributed by atoms with E-state index >= 15 is 0 Å². The normalized spacial score (nSPS) is 23.6. The number of amides is 1. The number of nitriles is 1. The van der Waals surface area contributed by atoms with Crippen LogP contribution < -0.4 is 15.0 Å². The summed E-state index contributed by atoms with van der Waals surface area (Å²) in [5, 5.41) is 20.9. The Morgan fingerprint density at radius 2 is 1.86 bits per heavy atom. The largest absolute Gasteiger partial charge is 0.490 e. The molecule has 1 N–H and O–H groups in total. The predicted octanol–water partition coefficient (Wildman–Crippen LogP) is 3.46. The molecule has 1 aliphatic carbocycles. The Hall–Kier alpha value is -2.93. The number of hydrogen-bond acceptors (Lipinski definition) is 8. The molecular weight excluding hydrogens is 470 g/mol. The average Bonchev–Trinajstić information content (AvgIpc) is 3.34. The quantitative estimate of drug-likeness (QED) is 0.668. The van der Waals surface area contributed by atoms with Crippen molar-refractivity contribution in [3.05, 3.63) is 46.6 Å². The van der Waals surface area contributed by atoms with Crippen LogP contribution in [0.2, 0.25) is 5.02 Å². The van der Waals surface area contributed by atoms with E-state index < -0.39 is 5.79 Å². The molecule has 1 aromatic heterocycles. The molecule has 0 bridgehead atoms. The number of piperidine rings is 1. The summed E-state index contributed by atoms with van der Waals surface area (Å²) >= 11 is 6.09. The van der Waals surface area contributed by atoms with Gasteiger partial charge in [-0.25, -0.2) is 0 Å². The number of aromatic nitrogens is 2. The van der Waals surface area contributed by atoms with Crippen LogP contribution in [0.4, 0.5) is 5.82 Å². The number of carbonyl (C=O) groups excluding carboxylic acids is 1. The third-order valence-electron chi connectivity index (χ3n) is 6.92. The van der Waals surface area contributed by atoms with Crippen LogP contribution >= 0.6 is 11.6 Å². The highest BCUT2D eigenvalue weighted by atomic mass is 35.5. The van der Waals surface area contributed by atoms with Crippen molar-refractivity contribution in [2.75, 3.05) is 31.2 Å². The molecule has 2 aromatic rings. The van der Waals surface area contributed by atoms with Gasteiger partial charge in [-0.2, -0.15) is 5.26 Å². The monoisotopic (exact) mass is 497 g/mol. The third-order valence-corrected chi connectivity index (χ3v) is 7.23. The number of benzene rings is 1. The van der Waals surface area contributed by atoms with Crippen molar-refractivity contribution in [2.24, 2.45) is 0 Å². The molecule has 0 radical (unpaired) electrons. The van der Waals surface area contributed by atoms with Gasteiger partial charge in [0.1, 0.15) is 11.8 Å². The molecule has 35 heavy (non-hydrogen) atoms. The van der Waals surface area contributed by atoms with Crippen LogP contribution in [0.25, 0.3) is 0 Å². The van der Waals surface area contributed by atoms with Gasteiger partial charge in [0.05, 0.1) is 29.9 Å². The first-order chi connectivity index (χ1) is 17.0. The van der Waals surface area contributed by atoms with Gasteiger partial charge in [-0.1, -0.05) is 11.6 Å². The minimum atomic E-state index is -0.428. The lowest BCUT2D eigenvalue weighted by Gasteiger charge is -2.37. The summed E-state index contributed by atoms with van der Waals surface area (Å²) in [6, 6.07) is 10.8. The van der Waals surface area contributed by atoms with E-state index in [2.05, 4.69) is 20.4 Å². The molecule has 10 heteroatoms. The fraction of sp³-hybridized carbons (Fsp3) is 0.520. The van der Waals surface area contributed by atoms with E-state index in [9.17, 15) is 4.79 Å². The second-order valence-corrected chi connectivity index (χ2v) is 9.60. The molecule has 0 atom stereocenters. The average molecular weight is 498 g/mol. The van der Waals surface area contributed by atoms with Gasteiger partial charge >= 0.3 is 0 Å². The summed E-state index contributed by atoms with van der Waals surface area (Å²) in [6.07, 6.45) is 4.89. The molecule has 1 saturated carbocycles. The Balaban J connectivity index is 1.08. The zero-order valence-corrected chi connectivity index (χ0v) is 20.2. The van der Waals surface area contributed by atoms with E-state index in [0.717, 1.165) is 57.4 Å². The molecule has 1 aromatic carbocycles. The van der Waals surface area contributed by atoms with Crippen molar-refractivity contribution >= 4 is 23.3 Å². The molecule has 2 aliphatic heterocycles. The van der Waals surface area contributed by atoms with Crippen LogP contribution in [-0.2, 0) is 9.47 Å². The summed E-state index contributed by atoms with van der Waals surface area (Å²) in [6.45, 7) is 2.87. The number of rotatable bonds is 5. The summed E-state index contributed by atoms with van der Waals surface area (Å²) < 4.78 is 17.6. The summed E-state index contributed by atoms with van der Waals surface area (Å²) in [7, 11) is 0. The molecule has 3 aliphatic rings. The van der Waals surface area contributed by atoms with Gasteiger partial charge in [0, 0.05) is 38.0 Å². The molecule has 2 saturated heterocycles. The number of ether oxygens (including phenoxy) is 3. The lowest BCUT2D eigenvalue weighted by Crippen LogP contribution is -2.45. The van der Waals surface area contributed by atoms with Crippen LogP contribution in [0.1, 0.15) is 54.6 Å². The van der Waals surface area contributed by atoms with Gasteiger partial charge in [0.2, 0.25) is 0 Å². The molecule has 0 unspecified atom stereocenters. The Morgan fingerprint density at radius 3 is 2.49 bits per heavy atom. The van der Waals surface area contributed by atoms with Gasteiger partial charge in [-0.15, -0.1) is 10.2 Å². The van der Waals surface area contributed by atoms with Crippen molar-refractivity contribution in [3.8, 4) is 11.8 Å². The maximum absolute atomic E-state index is 12.7. The van der Waals surface area contributed by atoms with Crippen LogP contribution in [-0.4, -0.2) is 60.3 Å². The first kappa shape index (κ1) is 23.8. The first-order valence-electron chi connectivity index (χ1n) is 12.1. The second kappa shape index (κ2) is 10.4. The van der Waals surface area contributed by atoms with Crippen LogP contribution in [0.15, 0.2) is 30.3 Å². The number of halogens is 1. The number of carbonyl (C=O) groups is 1. The van der Waals surface area contributed by atoms with E-state index in [4.69, 9.17) is 31.1 Å². The lowest BCUT2D eigenvalue weighted by molar-refractivity contribution is -0.169. The van der Waals surface area contributed by atoms with E-state index in [1.54, 1.807) is 24.3 Å². The number of anilines is 1. The number of nitrogens with zero attached hydrogens (tertiary/aromatic N) is 4. The first-order valence-corrected chi connectivity index (χ1v) is 12.5. The Labute approximate surface area is 209 Å². The molecular formula is C25H28ClN5O4. The zero-order chi connectivity index (χ0) is 24.3. The predicted molar refractivity (Wildman–Crippen MR) is 128 cm³/mol. The van der Waals surface area contributed by atoms with Gasteiger partial charge in [0.25, 0.3) is 5.91 Å². The molecule has 3 heterocycles. The zero-order valence-electron chi connectivity index (χ0n) is 19.4. The van der Waals surface area contributed by atoms with Gasteiger partial charge < -0.3 is 24.4 Å². The minimum absolute atomic E-state index is 0.0509. The minimum Gasteiger partial charge on any atom is -0.490 e. The van der Waals surface area contributed by atoms with Crippen molar-refractivity contribution in [1.29, 1.82) is 5.26 Å². The Bertz CT molecular complexity index is 1080. The summed E-state index contributed by atoms with van der Waals surface area (Å²) in [4.78, 5) is 14.9.